The molecule has 4 heterocycles. The van der Waals surface area contributed by atoms with E-state index in [4.69, 9.17) is 0 Å². The predicted molar refractivity (Wildman–Crippen MR) is 105 cm³/mol. The standard InChI is InChI=1S/C20H22N4OS/c25-20(16-17(18-6-5-15-26-18)22-9-3-4-10-22)24-13-11-23(12-14-24)19-7-1-2-8-21-19/h1-10,15,17H,11-14,16H2. The molecule has 3 aromatic rings. The van der Waals surface area contributed by atoms with Gasteiger partial charge in [0.25, 0.3) is 0 Å². The van der Waals surface area contributed by atoms with Gasteiger partial charge < -0.3 is 14.4 Å². The Bertz CT molecular complexity index is 775. The van der Waals surface area contributed by atoms with Crippen molar-refractivity contribution >= 4 is 23.1 Å². The average molecular weight is 366 g/mol. The first kappa shape index (κ1) is 16.8. The van der Waals surface area contributed by atoms with Crippen LogP contribution in [0.15, 0.2) is 66.4 Å². The quantitative estimate of drug-likeness (QED) is 0.696. The molecular weight excluding hydrogens is 344 g/mol. The molecule has 0 saturated carbocycles. The molecule has 0 aliphatic carbocycles. The maximum absolute atomic E-state index is 12.9. The van der Waals surface area contributed by atoms with E-state index in [1.54, 1.807) is 11.3 Å². The van der Waals surface area contributed by atoms with Crippen LogP contribution in [0.3, 0.4) is 0 Å². The number of thiophene rings is 1. The highest BCUT2D eigenvalue weighted by atomic mass is 32.1. The Kier molecular flexibility index (Phi) is 5.02. The predicted octanol–water partition coefficient (Wildman–Crippen LogP) is 3.27. The molecule has 0 bridgehead atoms. The number of pyridine rings is 1. The highest BCUT2D eigenvalue weighted by molar-refractivity contribution is 7.10. The van der Waals surface area contributed by atoms with Gasteiger partial charge in [-0.15, -0.1) is 11.3 Å². The summed E-state index contributed by atoms with van der Waals surface area (Å²) in [5, 5.41) is 2.07. The molecule has 1 unspecified atom stereocenters. The summed E-state index contributed by atoms with van der Waals surface area (Å²) < 4.78 is 2.13. The highest BCUT2D eigenvalue weighted by Crippen LogP contribution is 2.27. The number of anilines is 1. The number of piperazine rings is 1. The third kappa shape index (κ3) is 3.65. The maximum Gasteiger partial charge on any atom is 0.225 e. The molecule has 6 heteroatoms. The minimum absolute atomic E-state index is 0.0753. The fraction of sp³-hybridized carbons (Fsp3) is 0.300. The number of amides is 1. The van der Waals surface area contributed by atoms with Crippen LogP contribution < -0.4 is 4.90 Å². The van der Waals surface area contributed by atoms with Gasteiger partial charge >= 0.3 is 0 Å². The molecule has 0 N–H and O–H groups in total. The number of rotatable bonds is 5. The summed E-state index contributed by atoms with van der Waals surface area (Å²) in [5.74, 6) is 1.21. The van der Waals surface area contributed by atoms with E-state index >= 15 is 0 Å². The van der Waals surface area contributed by atoms with Gasteiger partial charge in [-0.25, -0.2) is 4.98 Å². The molecule has 0 radical (unpaired) electrons. The van der Waals surface area contributed by atoms with E-state index in [9.17, 15) is 4.79 Å². The summed E-state index contributed by atoms with van der Waals surface area (Å²) in [6.45, 7) is 3.16. The fourth-order valence-electron chi connectivity index (χ4n) is 3.41. The third-order valence-electron chi connectivity index (χ3n) is 4.83. The van der Waals surface area contributed by atoms with Gasteiger partial charge in [-0.05, 0) is 35.7 Å². The lowest BCUT2D eigenvalue weighted by molar-refractivity contribution is -0.132. The molecule has 1 fully saturated rings. The molecule has 1 aliphatic rings. The third-order valence-corrected chi connectivity index (χ3v) is 5.81. The molecular formula is C20H22N4OS. The topological polar surface area (TPSA) is 41.4 Å². The van der Waals surface area contributed by atoms with Crippen molar-refractivity contribution in [3.8, 4) is 0 Å². The largest absolute Gasteiger partial charge is 0.353 e. The molecule has 134 valence electrons. The average Bonchev–Trinajstić information content (AvgIpc) is 3.41. The molecule has 4 rings (SSSR count). The molecule has 0 spiro atoms. The second-order valence-corrected chi connectivity index (χ2v) is 7.40. The summed E-state index contributed by atoms with van der Waals surface area (Å²) >= 11 is 1.71. The van der Waals surface area contributed by atoms with Gasteiger partial charge in [-0.2, -0.15) is 0 Å². The van der Waals surface area contributed by atoms with Crippen molar-refractivity contribution in [2.45, 2.75) is 12.5 Å². The molecule has 0 aromatic carbocycles. The van der Waals surface area contributed by atoms with Gasteiger partial charge in [-0.1, -0.05) is 12.1 Å². The molecule has 1 atom stereocenters. The zero-order valence-electron chi connectivity index (χ0n) is 14.6. The molecule has 1 amide bonds. The first-order valence-electron chi connectivity index (χ1n) is 8.91. The van der Waals surface area contributed by atoms with Gasteiger partial charge in [0, 0.05) is 49.6 Å². The van der Waals surface area contributed by atoms with Crippen LogP contribution in [0.5, 0.6) is 0 Å². The van der Waals surface area contributed by atoms with Crippen LogP contribution in [-0.2, 0) is 4.79 Å². The van der Waals surface area contributed by atoms with E-state index in [-0.39, 0.29) is 11.9 Å². The Hall–Kier alpha value is -2.60. The fourth-order valence-corrected chi connectivity index (χ4v) is 4.24. The van der Waals surface area contributed by atoms with Gasteiger partial charge in [0.15, 0.2) is 0 Å². The van der Waals surface area contributed by atoms with E-state index in [1.807, 2.05) is 59.9 Å². The van der Waals surface area contributed by atoms with Crippen LogP contribution in [0, 0.1) is 0 Å². The van der Waals surface area contributed by atoms with Crippen molar-refractivity contribution in [3.05, 3.63) is 71.3 Å². The van der Waals surface area contributed by atoms with E-state index in [2.05, 4.69) is 25.9 Å². The zero-order chi connectivity index (χ0) is 17.8. The summed E-state index contributed by atoms with van der Waals surface area (Å²) in [6.07, 6.45) is 6.39. The minimum atomic E-state index is 0.0753. The molecule has 26 heavy (non-hydrogen) atoms. The number of nitrogens with zero attached hydrogens (tertiary/aromatic N) is 4. The summed E-state index contributed by atoms with van der Waals surface area (Å²) in [7, 11) is 0. The second-order valence-electron chi connectivity index (χ2n) is 6.42. The van der Waals surface area contributed by atoms with Crippen molar-refractivity contribution in [1.82, 2.24) is 14.5 Å². The van der Waals surface area contributed by atoms with E-state index in [0.29, 0.717) is 6.42 Å². The van der Waals surface area contributed by atoms with Crippen molar-refractivity contribution in [2.24, 2.45) is 0 Å². The number of hydrogen-bond donors (Lipinski definition) is 0. The number of hydrogen-bond acceptors (Lipinski definition) is 4. The van der Waals surface area contributed by atoms with E-state index < -0.39 is 0 Å². The van der Waals surface area contributed by atoms with Gasteiger partial charge in [0.1, 0.15) is 5.82 Å². The molecule has 3 aromatic heterocycles. The maximum atomic E-state index is 12.9. The smallest absolute Gasteiger partial charge is 0.225 e. The number of carbonyl (C=O) groups is 1. The summed E-state index contributed by atoms with van der Waals surface area (Å²) in [6, 6.07) is 14.2. The Morgan fingerprint density at radius 2 is 1.85 bits per heavy atom. The molecule has 1 saturated heterocycles. The van der Waals surface area contributed by atoms with Crippen LogP contribution >= 0.6 is 11.3 Å². The monoisotopic (exact) mass is 366 g/mol. The van der Waals surface area contributed by atoms with Crippen LogP contribution in [0.4, 0.5) is 5.82 Å². The number of carbonyl (C=O) groups excluding carboxylic acids is 1. The van der Waals surface area contributed by atoms with Crippen molar-refractivity contribution < 1.29 is 4.79 Å². The van der Waals surface area contributed by atoms with E-state index in [1.165, 1.54) is 4.88 Å². The molecule has 1 aliphatic heterocycles. The van der Waals surface area contributed by atoms with Crippen LogP contribution in [0.1, 0.15) is 17.3 Å². The number of aromatic nitrogens is 2. The zero-order valence-corrected chi connectivity index (χ0v) is 15.4. The Balaban J connectivity index is 1.40. The first-order valence-corrected chi connectivity index (χ1v) is 9.79. The highest BCUT2D eigenvalue weighted by Gasteiger charge is 2.25. The van der Waals surface area contributed by atoms with Gasteiger partial charge in [0.2, 0.25) is 5.91 Å². The summed E-state index contributed by atoms with van der Waals surface area (Å²) in [4.78, 5) is 22.8. The van der Waals surface area contributed by atoms with Crippen molar-refractivity contribution in [1.29, 1.82) is 0 Å². The van der Waals surface area contributed by atoms with Crippen LogP contribution in [0.2, 0.25) is 0 Å². The summed E-state index contributed by atoms with van der Waals surface area (Å²) in [5.41, 5.74) is 0. The van der Waals surface area contributed by atoms with Gasteiger partial charge in [0.05, 0.1) is 12.5 Å². The lowest BCUT2D eigenvalue weighted by atomic mass is 10.1. The Morgan fingerprint density at radius 3 is 2.50 bits per heavy atom. The van der Waals surface area contributed by atoms with Gasteiger partial charge in [-0.3, -0.25) is 4.79 Å². The Labute approximate surface area is 157 Å². The minimum Gasteiger partial charge on any atom is -0.353 e. The van der Waals surface area contributed by atoms with Crippen LogP contribution in [-0.4, -0.2) is 46.5 Å². The first-order chi connectivity index (χ1) is 12.8. The lowest BCUT2D eigenvalue weighted by Gasteiger charge is -2.36. The SMILES string of the molecule is O=C(CC(c1cccs1)n1cccc1)N1CCN(c2ccccn2)CC1. The van der Waals surface area contributed by atoms with Crippen molar-refractivity contribution in [3.63, 3.8) is 0 Å². The molecule has 5 nitrogen and oxygen atoms in total. The second kappa shape index (κ2) is 7.74. The van der Waals surface area contributed by atoms with E-state index in [0.717, 1.165) is 32.0 Å². The Morgan fingerprint density at radius 1 is 1.04 bits per heavy atom. The van der Waals surface area contributed by atoms with Crippen molar-refractivity contribution in [2.75, 3.05) is 31.1 Å². The lowest BCUT2D eigenvalue weighted by Crippen LogP contribution is -2.49. The normalized spacial score (nSPS) is 15.8. The van der Waals surface area contributed by atoms with Crippen LogP contribution in [0.25, 0.3) is 0 Å².